The second-order valence-electron chi connectivity index (χ2n) is 5.49. The van der Waals surface area contributed by atoms with E-state index in [4.69, 9.17) is 5.11 Å². The lowest BCUT2D eigenvalue weighted by atomic mass is 10.1. The number of rotatable bonds is 5. The molecular weight excluding hydrogens is 284 g/mol. The van der Waals surface area contributed by atoms with Crippen LogP contribution >= 0.6 is 0 Å². The molecule has 116 valence electrons. The molecule has 1 fully saturated rings. The van der Waals surface area contributed by atoms with Gasteiger partial charge in [-0.15, -0.1) is 0 Å². The fraction of sp³-hybridized carbons (Fsp3) is 0.833. The first-order chi connectivity index (χ1) is 9.15. The van der Waals surface area contributed by atoms with Gasteiger partial charge in [-0.1, -0.05) is 13.8 Å². The molecular formula is C12H22N2O5S. The van der Waals surface area contributed by atoms with Gasteiger partial charge in [-0.2, -0.15) is 0 Å². The highest BCUT2D eigenvalue weighted by atomic mass is 32.2. The zero-order chi connectivity index (χ0) is 15.5. The van der Waals surface area contributed by atoms with E-state index in [1.807, 2.05) is 11.9 Å². The number of hydrogen-bond acceptors (Lipinski definition) is 5. The molecule has 20 heavy (non-hydrogen) atoms. The van der Waals surface area contributed by atoms with E-state index in [0.29, 0.717) is 26.2 Å². The number of hydrogen-bond donors (Lipinski definition) is 1. The average Bonchev–Trinajstić information content (AvgIpc) is 2.26. The molecule has 0 bridgehead atoms. The van der Waals surface area contributed by atoms with E-state index in [2.05, 4.69) is 0 Å². The Bertz CT molecular complexity index is 466. The molecule has 8 heteroatoms. The van der Waals surface area contributed by atoms with E-state index in [0.717, 1.165) is 0 Å². The number of carbonyl (C=O) groups excluding carboxylic acids is 1. The van der Waals surface area contributed by atoms with Gasteiger partial charge in [-0.25, -0.2) is 8.42 Å². The monoisotopic (exact) mass is 306 g/mol. The molecule has 1 N–H and O–H groups in total. The van der Waals surface area contributed by atoms with E-state index in [-0.39, 0.29) is 0 Å². The molecule has 0 aromatic heterocycles. The number of amides is 1. The fourth-order valence-corrected chi connectivity index (χ4v) is 4.11. The van der Waals surface area contributed by atoms with Crippen molar-refractivity contribution >= 4 is 21.7 Å². The third kappa shape index (κ3) is 4.17. The molecule has 1 aliphatic heterocycles. The van der Waals surface area contributed by atoms with Gasteiger partial charge in [0.25, 0.3) is 0 Å². The van der Waals surface area contributed by atoms with Gasteiger partial charge in [0.05, 0.1) is 0 Å². The first-order valence-corrected chi connectivity index (χ1v) is 8.27. The van der Waals surface area contributed by atoms with Crippen LogP contribution in [0.2, 0.25) is 0 Å². The highest BCUT2D eigenvalue weighted by molar-refractivity contribution is 7.93. The van der Waals surface area contributed by atoms with Crippen molar-refractivity contribution in [1.29, 1.82) is 0 Å². The summed E-state index contributed by atoms with van der Waals surface area (Å²) in [6, 6.07) is 0. The van der Waals surface area contributed by atoms with Crippen LogP contribution in [-0.2, 0) is 19.4 Å². The summed E-state index contributed by atoms with van der Waals surface area (Å²) in [7, 11) is -2.06. The van der Waals surface area contributed by atoms with Crippen molar-refractivity contribution in [3.05, 3.63) is 0 Å². The first kappa shape index (κ1) is 16.9. The summed E-state index contributed by atoms with van der Waals surface area (Å²) < 4.78 is 24.2. The van der Waals surface area contributed by atoms with Crippen LogP contribution in [0.5, 0.6) is 0 Å². The first-order valence-electron chi connectivity index (χ1n) is 6.56. The molecule has 1 amide bonds. The number of carboxylic acid groups (broad SMARTS) is 1. The molecule has 1 rings (SSSR count). The third-order valence-electron chi connectivity index (χ3n) is 3.42. The van der Waals surface area contributed by atoms with Crippen LogP contribution < -0.4 is 0 Å². The Morgan fingerprint density at radius 1 is 1.15 bits per heavy atom. The maximum atomic E-state index is 12.1. The standard InChI is InChI=1S/C12H22N2O5S/c1-9(2)11(12(16)17)20(18,19)8-10(15)14-6-4-13(3)5-7-14/h9,11H,4-8H2,1-3H3,(H,16,17). The van der Waals surface area contributed by atoms with Crippen molar-refractivity contribution in [2.24, 2.45) is 5.92 Å². The molecule has 0 aromatic carbocycles. The van der Waals surface area contributed by atoms with Gasteiger partial charge in [0, 0.05) is 26.2 Å². The number of aliphatic carboxylic acids is 1. The minimum atomic E-state index is -3.99. The van der Waals surface area contributed by atoms with Crippen molar-refractivity contribution in [2.45, 2.75) is 19.1 Å². The van der Waals surface area contributed by atoms with E-state index in [1.54, 1.807) is 0 Å². The minimum Gasteiger partial charge on any atom is -0.480 e. The topological polar surface area (TPSA) is 95.0 Å². The van der Waals surface area contributed by atoms with Crippen molar-refractivity contribution in [3.63, 3.8) is 0 Å². The molecule has 0 spiro atoms. The number of sulfone groups is 1. The Kier molecular flexibility index (Phi) is 5.52. The highest BCUT2D eigenvalue weighted by Gasteiger charge is 2.37. The van der Waals surface area contributed by atoms with Gasteiger partial charge < -0.3 is 14.9 Å². The molecule has 0 aliphatic carbocycles. The number of carboxylic acids is 1. The zero-order valence-corrected chi connectivity index (χ0v) is 12.9. The Hall–Kier alpha value is -1.15. The summed E-state index contributed by atoms with van der Waals surface area (Å²) >= 11 is 0. The van der Waals surface area contributed by atoms with Crippen molar-refractivity contribution < 1.29 is 23.1 Å². The largest absolute Gasteiger partial charge is 0.480 e. The average molecular weight is 306 g/mol. The van der Waals surface area contributed by atoms with Crippen molar-refractivity contribution in [1.82, 2.24) is 9.80 Å². The summed E-state index contributed by atoms with van der Waals surface area (Å²) in [4.78, 5) is 26.6. The number of nitrogens with zero attached hydrogens (tertiary/aromatic N) is 2. The predicted octanol–water partition coefficient (Wildman–Crippen LogP) is -0.716. The molecule has 1 saturated heterocycles. The van der Waals surface area contributed by atoms with Crippen LogP contribution in [-0.4, -0.2) is 79.4 Å². The molecule has 1 unspecified atom stereocenters. The van der Waals surface area contributed by atoms with E-state index < -0.39 is 38.6 Å². The molecule has 1 atom stereocenters. The summed E-state index contributed by atoms with van der Waals surface area (Å²) in [6.45, 7) is 5.39. The normalized spacial score (nSPS) is 19.1. The predicted molar refractivity (Wildman–Crippen MR) is 74.1 cm³/mol. The summed E-state index contributed by atoms with van der Waals surface area (Å²) in [5, 5.41) is 7.50. The van der Waals surface area contributed by atoms with E-state index >= 15 is 0 Å². The highest BCUT2D eigenvalue weighted by Crippen LogP contribution is 2.15. The van der Waals surface area contributed by atoms with Crippen LogP contribution in [0, 0.1) is 5.92 Å². The zero-order valence-electron chi connectivity index (χ0n) is 12.1. The number of carbonyl (C=O) groups is 2. The van der Waals surface area contributed by atoms with Crippen LogP contribution in [0.4, 0.5) is 0 Å². The maximum Gasteiger partial charge on any atom is 0.322 e. The second-order valence-corrected chi connectivity index (χ2v) is 7.62. The molecule has 1 heterocycles. The summed E-state index contributed by atoms with van der Waals surface area (Å²) in [5.74, 6) is -3.21. The van der Waals surface area contributed by atoms with Gasteiger partial charge in [-0.3, -0.25) is 9.59 Å². The Morgan fingerprint density at radius 3 is 2.05 bits per heavy atom. The molecule has 0 radical (unpaired) electrons. The maximum absolute atomic E-state index is 12.1. The van der Waals surface area contributed by atoms with Crippen molar-refractivity contribution in [3.8, 4) is 0 Å². The quantitative estimate of drug-likeness (QED) is 0.720. The number of piperazine rings is 1. The summed E-state index contributed by atoms with van der Waals surface area (Å²) in [5.41, 5.74) is 0. The van der Waals surface area contributed by atoms with Gasteiger partial charge in [0.1, 0.15) is 5.75 Å². The lowest BCUT2D eigenvalue weighted by Gasteiger charge is -2.32. The Morgan fingerprint density at radius 2 is 1.65 bits per heavy atom. The fourth-order valence-electron chi connectivity index (χ4n) is 2.26. The Balaban J connectivity index is 2.75. The van der Waals surface area contributed by atoms with Crippen molar-refractivity contribution in [2.75, 3.05) is 39.0 Å². The van der Waals surface area contributed by atoms with Crippen LogP contribution in [0.1, 0.15) is 13.8 Å². The smallest absolute Gasteiger partial charge is 0.322 e. The van der Waals surface area contributed by atoms with E-state index in [1.165, 1.54) is 18.7 Å². The van der Waals surface area contributed by atoms with E-state index in [9.17, 15) is 18.0 Å². The lowest BCUT2D eigenvalue weighted by molar-refractivity contribution is -0.137. The lowest BCUT2D eigenvalue weighted by Crippen LogP contribution is -2.50. The van der Waals surface area contributed by atoms with Gasteiger partial charge >= 0.3 is 5.97 Å². The summed E-state index contributed by atoms with van der Waals surface area (Å²) in [6.07, 6.45) is 0. The SMILES string of the molecule is CC(C)C(C(=O)O)S(=O)(=O)CC(=O)N1CCN(C)CC1. The third-order valence-corrected chi connectivity index (χ3v) is 5.59. The molecule has 0 saturated carbocycles. The molecule has 0 aromatic rings. The van der Waals surface area contributed by atoms with Gasteiger partial charge in [-0.05, 0) is 13.0 Å². The Labute approximate surface area is 119 Å². The van der Waals surface area contributed by atoms with Gasteiger partial charge in [0.2, 0.25) is 5.91 Å². The number of likely N-dealkylation sites (N-methyl/N-ethyl adjacent to an activating group) is 1. The molecule has 7 nitrogen and oxygen atoms in total. The van der Waals surface area contributed by atoms with Crippen LogP contribution in [0.3, 0.4) is 0 Å². The molecule has 1 aliphatic rings. The van der Waals surface area contributed by atoms with Crippen LogP contribution in [0.15, 0.2) is 0 Å². The minimum absolute atomic E-state index is 0.476. The van der Waals surface area contributed by atoms with Crippen LogP contribution in [0.25, 0.3) is 0 Å². The van der Waals surface area contributed by atoms with Gasteiger partial charge in [0.15, 0.2) is 15.1 Å². The second kappa shape index (κ2) is 6.53.